The van der Waals surface area contributed by atoms with Crippen LogP contribution in [0.3, 0.4) is 0 Å². The van der Waals surface area contributed by atoms with Gasteiger partial charge in [0.1, 0.15) is 5.54 Å². The molecule has 2 saturated carbocycles. The van der Waals surface area contributed by atoms with Gasteiger partial charge in [-0.15, -0.1) is 0 Å². The normalized spacial score (nSPS) is 59.4. The van der Waals surface area contributed by atoms with Crippen LogP contribution in [-0.4, -0.2) is 23.2 Å². The van der Waals surface area contributed by atoms with Crippen molar-refractivity contribution in [1.82, 2.24) is 5.32 Å². The topological polar surface area (TPSA) is 49.3 Å². The highest BCUT2D eigenvalue weighted by Gasteiger charge is 2.77. The first-order valence-electron chi connectivity index (χ1n) is 5.45. The van der Waals surface area contributed by atoms with E-state index in [1.54, 1.807) is 0 Å². The average molecular weight is 195 g/mol. The molecule has 0 radical (unpaired) electrons. The van der Waals surface area contributed by atoms with Crippen molar-refractivity contribution in [3.8, 4) is 0 Å². The van der Waals surface area contributed by atoms with Crippen molar-refractivity contribution in [2.45, 2.75) is 38.6 Å². The van der Waals surface area contributed by atoms with Gasteiger partial charge in [0, 0.05) is 12.0 Å². The van der Waals surface area contributed by atoms with Gasteiger partial charge in [0.15, 0.2) is 0 Å². The summed E-state index contributed by atoms with van der Waals surface area (Å²) >= 11 is 0. The summed E-state index contributed by atoms with van der Waals surface area (Å²) in [7, 11) is 0. The summed E-state index contributed by atoms with van der Waals surface area (Å²) < 4.78 is 0. The molecular formula is C11H17NO2. The van der Waals surface area contributed by atoms with Gasteiger partial charge in [0.25, 0.3) is 0 Å². The molecule has 1 saturated heterocycles. The molecule has 0 amide bonds. The maximum Gasteiger partial charge on any atom is 0.324 e. The minimum atomic E-state index is -0.633. The van der Waals surface area contributed by atoms with Crippen LogP contribution in [0.2, 0.25) is 0 Å². The number of carboxylic acid groups (broad SMARTS) is 1. The van der Waals surface area contributed by atoms with E-state index in [0.717, 1.165) is 19.4 Å². The van der Waals surface area contributed by atoms with Gasteiger partial charge in [-0.2, -0.15) is 0 Å². The molecule has 0 aromatic carbocycles. The van der Waals surface area contributed by atoms with Crippen LogP contribution in [0.5, 0.6) is 0 Å². The Labute approximate surface area is 83.9 Å². The number of hydrogen-bond donors (Lipinski definition) is 2. The molecule has 4 atom stereocenters. The molecule has 3 heteroatoms. The van der Waals surface area contributed by atoms with E-state index < -0.39 is 11.5 Å². The highest BCUT2D eigenvalue weighted by molar-refractivity contribution is 5.82. The molecule has 2 aliphatic carbocycles. The summed E-state index contributed by atoms with van der Waals surface area (Å²) in [5.41, 5.74) is -0.396. The predicted molar refractivity (Wildman–Crippen MR) is 51.9 cm³/mol. The Kier molecular flexibility index (Phi) is 1.25. The zero-order chi connectivity index (χ0) is 10.2. The van der Waals surface area contributed by atoms with Gasteiger partial charge in [0.05, 0.1) is 0 Å². The van der Waals surface area contributed by atoms with Crippen LogP contribution in [0.1, 0.15) is 33.1 Å². The molecule has 0 spiro atoms. The molecule has 0 aromatic rings. The molecular weight excluding hydrogens is 178 g/mol. The molecule has 3 aliphatic rings. The van der Waals surface area contributed by atoms with E-state index in [1.165, 1.54) is 6.42 Å². The van der Waals surface area contributed by atoms with Gasteiger partial charge in [-0.25, -0.2) is 0 Å². The van der Waals surface area contributed by atoms with Gasteiger partial charge in [-0.3, -0.25) is 4.79 Å². The summed E-state index contributed by atoms with van der Waals surface area (Å²) in [5, 5.41) is 12.7. The summed E-state index contributed by atoms with van der Waals surface area (Å²) in [5.74, 6) is -0.00391. The number of carboxylic acids is 1. The van der Waals surface area contributed by atoms with E-state index >= 15 is 0 Å². The van der Waals surface area contributed by atoms with Gasteiger partial charge in [-0.05, 0) is 30.6 Å². The fourth-order valence-corrected chi connectivity index (χ4v) is 4.48. The summed E-state index contributed by atoms with van der Waals surface area (Å²) in [4.78, 5) is 11.5. The zero-order valence-corrected chi connectivity index (χ0v) is 8.76. The summed E-state index contributed by atoms with van der Waals surface area (Å²) in [6.07, 6.45) is 3.15. The fourth-order valence-electron chi connectivity index (χ4n) is 4.48. The molecule has 1 heterocycles. The Hall–Kier alpha value is -0.570. The second kappa shape index (κ2) is 2.01. The SMILES string of the molecule is C[C@@]12CC[C@@H]3C[C@]1(C(=O)O)NC[C@]32C. The molecule has 3 rings (SSSR count). The second-order valence-corrected chi connectivity index (χ2v) is 5.75. The maximum atomic E-state index is 11.5. The summed E-state index contributed by atoms with van der Waals surface area (Å²) in [6.45, 7) is 5.34. The third kappa shape index (κ3) is 0.553. The van der Waals surface area contributed by atoms with Crippen LogP contribution in [0, 0.1) is 16.7 Å². The van der Waals surface area contributed by atoms with Crippen molar-refractivity contribution in [3.05, 3.63) is 0 Å². The number of piperidine rings is 1. The lowest BCUT2D eigenvalue weighted by Crippen LogP contribution is -2.57. The molecule has 0 unspecified atom stereocenters. The molecule has 78 valence electrons. The molecule has 3 nitrogen and oxygen atoms in total. The monoisotopic (exact) mass is 195 g/mol. The quantitative estimate of drug-likeness (QED) is 0.662. The van der Waals surface area contributed by atoms with E-state index in [2.05, 4.69) is 19.2 Å². The largest absolute Gasteiger partial charge is 0.480 e. The highest BCUT2D eigenvalue weighted by Crippen LogP contribution is 2.72. The van der Waals surface area contributed by atoms with E-state index in [9.17, 15) is 9.90 Å². The van der Waals surface area contributed by atoms with Crippen LogP contribution in [0.15, 0.2) is 0 Å². The van der Waals surface area contributed by atoms with Crippen molar-refractivity contribution < 1.29 is 9.90 Å². The number of carbonyl (C=O) groups is 1. The number of rotatable bonds is 1. The average Bonchev–Trinajstić information content (AvgIpc) is 2.58. The van der Waals surface area contributed by atoms with E-state index in [1.807, 2.05) is 0 Å². The fraction of sp³-hybridized carbons (Fsp3) is 0.909. The Morgan fingerprint density at radius 2 is 2.21 bits per heavy atom. The molecule has 4 bridgehead atoms. The molecule has 2 N–H and O–H groups in total. The molecule has 0 aromatic heterocycles. The van der Waals surface area contributed by atoms with E-state index in [0.29, 0.717) is 5.92 Å². The second-order valence-electron chi connectivity index (χ2n) is 5.75. The van der Waals surface area contributed by atoms with Gasteiger partial charge in [-0.1, -0.05) is 13.8 Å². The van der Waals surface area contributed by atoms with Crippen molar-refractivity contribution >= 4 is 5.97 Å². The third-order valence-electron chi connectivity index (χ3n) is 5.77. The first kappa shape index (κ1) is 8.72. The molecule has 1 aliphatic heterocycles. The van der Waals surface area contributed by atoms with Gasteiger partial charge < -0.3 is 10.4 Å². The lowest BCUT2D eigenvalue weighted by molar-refractivity contribution is -0.149. The molecule has 14 heavy (non-hydrogen) atoms. The van der Waals surface area contributed by atoms with Crippen molar-refractivity contribution in [1.29, 1.82) is 0 Å². The predicted octanol–water partition coefficient (Wildman–Crippen LogP) is 1.24. The number of hydrogen-bond acceptors (Lipinski definition) is 2. The summed E-state index contributed by atoms with van der Waals surface area (Å²) in [6, 6.07) is 0. The van der Waals surface area contributed by atoms with Crippen LogP contribution < -0.4 is 5.32 Å². The number of nitrogens with one attached hydrogen (secondary N) is 1. The number of aliphatic carboxylic acids is 1. The molecule has 3 fully saturated rings. The first-order chi connectivity index (χ1) is 6.46. The Morgan fingerprint density at radius 1 is 1.50 bits per heavy atom. The zero-order valence-electron chi connectivity index (χ0n) is 8.76. The smallest absolute Gasteiger partial charge is 0.324 e. The minimum absolute atomic E-state index is 0.0174. The maximum absolute atomic E-state index is 11.5. The van der Waals surface area contributed by atoms with Crippen molar-refractivity contribution in [2.24, 2.45) is 16.7 Å². The highest BCUT2D eigenvalue weighted by atomic mass is 16.4. The first-order valence-corrected chi connectivity index (χ1v) is 5.45. The minimum Gasteiger partial charge on any atom is -0.480 e. The Balaban J connectivity index is 2.18. The van der Waals surface area contributed by atoms with Crippen LogP contribution >= 0.6 is 0 Å². The van der Waals surface area contributed by atoms with Crippen LogP contribution in [0.4, 0.5) is 0 Å². The Bertz CT molecular complexity index is 329. The van der Waals surface area contributed by atoms with Crippen molar-refractivity contribution in [3.63, 3.8) is 0 Å². The van der Waals surface area contributed by atoms with Gasteiger partial charge in [0.2, 0.25) is 0 Å². The van der Waals surface area contributed by atoms with Crippen molar-refractivity contribution in [2.75, 3.05) is 6.54 Å². The van der Waals surface area contributed by atoms with E-state index in [-0.39, 0.29) is 10.8 Å². The van der Waals surface area contributed by atoms with E-state index in [4.69, 9.17) is 0 Å². The van der Waals surface area contributed by atoms with Gasteiger partial charge >= 0.3 is 5.97 Å². The van der Waals surface area contributed by atoms with Crippen LogP contribution in [0.25, 0.3) is 0 Å². The van der Waals surface area contributed by atoms with Crippen LogP contribution in [-0.2, 0) is 4.79 Å². The standard InChI is InChI=1S/C11H17NO2/c1-9-6-12-11(8(13)14)5-7(9)3-4-10(9,11)2/h7,12H,3-6H2,1-2H3,(H,13,14)/t7-,9-,10+,11-/m1/s1. The lowest BCUT2D eigenvalue weighted by atomic mass is 9.66. The lowest BCUT2D eigenvalue weighted by Gasteiger charge is -2.39. The Morgan fingerprint density at radius 3 is 2.64 bits per heavy atom. The third-order valence-corrected chi connectivity index (χ3v) is 5.77.